The van der Waals surface area contributed by atoms with Gasteiger partial charge in [-0.15, -0.1) is 0 Å². The normalized spacial score (nSPS) is 19.1. The third-order valence-corrected chi connectivity index (χ3v) is 12.2. The van der Waals surface area contributed by atoms with Gasteiger partial charge in [0.15, 0.2) is 6.29 Å². The highest BCUT2D eigenvalue weighted by Gasteiger charge is 2.40. The molecule has 0 spiro atoms. The van der Waals surface area contributed by atoms with Crippen molar-refractivity contribution in [3.05, 3.63) is 112 Å². The van der Waals surface area contributed by atoms with Gasteiger partial charge in [0.25, 0.3) is 5.91 Å². The quantitative estimate of drug-likeness (QED) is 0.0719. The summed E-state index contributed by atoms with van der Waals surface area (Å²) < 4.78 is 0. The van der Waals surface area contributed by atoms with Crippen molar-refractivity contribution in [2.75, 3.05) is 20.1 Å². The summed E-state index contributed by atoms with van der Waals surface area (Å²) in [6.45, 7) is 3.43. The second-order valence-electron chi connectivity index (χ2n) is 16.5. The minimum atomic E-state index is -1.47. The molecule has 6 unspecified atom stereocenters. The molecular formula is C48H53ClN8O9. The predicted molar refractivity (Wildman–Crippen MR) is 246 cm³/mol. The lowest BCUT2D eigenvalue weighted by atomic mass is 9.91. The molecule has 4 bridgehead atoms. The number of unbranched alkanes of at least 4 members (excludes halogenated alkanes) is 1. The van der Waals surface area contributed by atoms with Crippen LogP contribution < -0.4 is 32.7 Å². The molecule has 0 saturated carbocycles. The molecule has 2 aliphatic rings. The lowest BCUT2D eigenvalue weighted by Gasteiger charge is -2.40. The zero-order chi connectivity index (χ0) is 47.8. The summed E-state index contributed by atoms with van der Waals surface area (Å²) in [5.41, 5.74) is 14.3. The summed E-state index contributed by atoms with van der Waals surface area (Å²) >= 11 is 6.05. The fourth-order valence-corrected chi connectivity index (χ4v) is 8.17. The molecule has 0 aromatic heterocycles. The van der Waals surface area contributed by atoms with Crippen LogP contribution in [0.1, 0.15) is 77.4 Å². The molecule has 17 nitrogen and oxygen atoms in total. The molecule has 66 heavy (non-hydrogen) atoms. The average Bonchev–Trinajstić information content (AvgIpc) is 3.28. The molecule has 18 heteroatoms. The number of likely N-dealkylation sites (N-methyl/N-ethyl adjacent to an activating group) is 1. The zero-order valence-corrected chi connectivity index (χ0v) is 37.5. The van der Waals surface area contributed by atoms with Gasteiger partial charge in [0, 0.05) is 41.7 Å². The molecule has 1 fully saturated rings. The van der Waals surface area contributed by atoms with Crippen molar-refractivity contribution >= 4 is 59.2 Å². The Morgan fingerprint density at radius 3 is 2.21 bits per heavy atom. The van der Waals surface area contributed by atoms with Crippen LogP contribution in [-0.4, -0.2) is 113 Å². The Morgan fingerprint density at radius 1 is 0.909 bits per heavy atom. The van der Waals surface area contributed by atoms with Crippen molar-refractivity contribution in [3.8, 4) is 28.0 Å². The number of phenolic OH excluding ortho intramolecular Hbond substituents is 1. The molecule has 4 aromatic carbocycles. The highest BCUT2D eigenvalue weighted by atomic mass is 35.5. The largest absolute Gasteiger partial charge is 0.507 e. The molecule has 1 saturated heterocycles. The first-order valence-electron chi connectivity index (χ1n) is 21.6. The standard InChI is InChI=1S/C48H53ClN8O9/c1-26-43(61)55-38(45(63)53-27(2)47(65)57-21-19-39(57)42(51)60)23-28-7-18-40(59)36(22-28)35-24-32(12-13-33(35)25-58)41(46(64)52-26)56(3)48(66)37(6-4-5-20-50)54-44(62)31-10-8-29(9-11-31)30-14-16-34(49)17-15-30/h7-18,22,24-27,37-39,41,59H,4-6,19-21,23,50H2,1-3H3,(H2,51,60)(H,52,64)(H,53,63)(H,54,62)(H,55,61). The fourth-order valence-electron chi connectivity index (χ4n) is 8.05. The zero-order valence-electron chi connectivity index (χ0n) is 36.7. The Hall–Kier alpha value is -7.11. The summed E-state index contributed by atoms with van der Waals surface area (Å²) in [6.07, 6.45) is 1.96. The van der Waals surface area contributed by atoms with E-state index in [1.54, 1.807) is 36.4 Å². The predicted octanol–water partition coefficient (Wildman–Crippen LogP) is 2.76. The second kappa shape index (κ2) is 21.3. The third kappa shape index (κ3) is 11.0. The molecule has 2 aliphatic heterocycles. The highest BCUT2D eigenvalue weighted by Crippen LogP contribution is 2.36. The summed E-state index contributed by atoms with van der Waals surface area (Å²) in [6, 6.07) is 15.7. The number of hydrogen-bond donors (Lipinski definition) is 7. The number of benzene rings is 4. The van der Waals surface area contributed by atoms with Crippen LogP contribution in [0.4, 0.5) is 0 Å². The van der Waals surface area contributed by atoms with Crippen LogP contribution in [0.2, 0.25) is 5.02 Å². The summed E-state index contributed by atoms with van der Waals surface area (Å²) in [5, 5.41) is 22.6. The van der Waals surface area contributed by atoms with Crippen molar-refractivity contribution in [2.24, 2.45) is 11.5 Å². The Morgan fingerprint density at radius 2 is 1.59 bits per heavy atom. The van der Waals surface area contributed by atoms with Crippen molar-refractivity contribution in [2.45, 2.75) is 82.2 Å². The van der Waals surface area contributed by atoms with Crippen LogP contribution in [0, 0.1) is 0 Å². The number of aromatic hydroxyl groups is 1. The van der Waals surface area contributed by atoms with E-state index >= 15 is 0 Å². The van der Waals surface area contributed by atoms with E-state index in [0.29, 0.717) is 42.7 Å². The Labute approximate surface area is 386 Å². The number of phenols is 1. The van der Waals surface area contributed by atoms with Crippen LogP contribution in [0.5, 0.6) is 5.75 Å². The van der Waals surface area contributed by atoms with Crippen LogP contribution in [-0.2, 0) is 35.2 Å². The van der Waals surface area contributed by atoms with Gasteiger partial charge in [-0.05, 0) is 116 Å². The minimum absolute atomic E-state index is 0.129. The lowest BCUT2D eigenvalue weighted by Crippen LogP contribution is -2.62. The van der Waals surface area contributed by atoms with E-state index in [4.69, 9.17) is 23.1 Å². The van der Waals surface area contributed by atoms with E-state index in [1.165, 1.54) is 62.2 Å². The van der Waals surface area contributed by atoms with Gasteiger partial charge >= 0.3 is 0 Å². The van der Waals surface area contributed by atoms with Gasteiger partial charge in [0.05, 0.1) is 0 Å². The van der Waals surface area contributed by atoms with E-state index < -0.39 is 77.6 Å². The molecule has 9 N–H and O–H groups in total. The number of fused-ring (bicyclic) bond motifs is 5. The molecule has 346 valence electrons. The summed E-state index contributed by atoms with van der Waals surface area (Å²) in [7, 11) is 1.38. The van der Waals surface area contributed by atoms with Gasteiger partial charge < -0.3 is 47.6 Å². The summed E-state index contributed by atoms with van der Waals surface area (Å²) in [4.78, 5) is 111. The van der Waals surface area contributed by atoms with Gasteiger partial charge in [-0.1, -0.05) is 54.1 Å². The van der Waals surface area contributed by atoms with Crippen LogP contribution in [0.15, 0.2) is 84.9 Å². The third-order valence-electron chi connectivity index (χ3n) is 11.9. The van der Waals surface area contributed by atoms with Gasteiger partial charge in [-0.25, -0.2) is 0 Å². The number of primary amides is 1. The molecule has 7 amide bonds. The first kappa shape index (κ1) is 48.3. The van der Waals surface area contributed by atoms with Gasteiger partial charge in [-0.2, -0.15) is 0 Å². The number of rotatable bonds is 14. The monoisotopic (exact) mass is 920 g/mol. The number of halogens is 1. The maximum atomic E-state index is 14.6. The molecule has 2 heterocycles. The van der Waals surface area contributed by atoms with E-state index in [-0.39, 0.29) is 53.0 Å². The average molecular weight is 921 g/mol. The molecule has 4 aromatic rings. The lowest BCUT2D eigenvalue weighted by molar-refractivity contribution is -0.148. The topological polar surface area (TPSA) is 263 Å². The summed E-state index contributed by atoms with van der Waals surface area (Å²) in [5.74, 6) is -5.04. The highest BCUT2D eigenvalue weighted by molar-refractivity contribution is 6.30. The number of nitrogens with two attached hydrogens (primary N) is 2. The Bertz CT molecular complexity index is 2520. The van der Waals surface area contributed by atoms with Gasteiger partial charge in [0.1, 0.15) is 42.0 Å². The number of aldehydes is 1. The van der Waals surface area contributed by atoms with Gasteiger partial charge in [-0.3, -0.25) is 38.4 Å². The number of carbonyl (C=O) groups is 8. The first-order valence-corrected chi connectivity index (χ1v) is 21.9. The van der Waals surface area contributed by atoms with Crippen molar-refractivity contribution in [3.63, 3.8) is 0 Å². The SMILES string of the molecule is CC1NC(=O)C(N(C)C(=O)C(CCCCN)NC(=O)c2ccc(-c3ccc(Cl)cc3)cc2)c2ccc(C=O)c(c2)-c2cc(ccc2O)CC(C(=O)NC(C)C(=O)N2CCC2C(N)=O)NC1=O. The molecule has 0 radical (unpaired) electrons. The Kier molecular flexibility index (Phi) is 15.6. The van der Waals surface area contributed by atoms with Crippen molar-refractivity contribution < 1.29 is 43.5 Å². The smallest absolute Gasteiger partial charge is 0.251 e. The minimum Gasteiger partial charge on any atom is -0.507 e. The number of carbonyl (C=O) groups excluding carboxylic acids is 8. The number of amides is 7. The second-order valence-corrected chi connectivity index (χ2v) is 17.0. The molecule has 6 rings (SSSR count). The van der Waals surface area contributed by atoms with E-state index in [0.717, 1.165) is 16.0 Å². The maximum absolute atomic E-state index is 14.6. The number of nitrogens with zero attached hydrogens (tertiary/aromatic N) is 2. The first-order chi connectivity index (χ1) is 31.5. The number of hydrogen-bond acceptors (Lipinski definition) is 10. The Balaban J connectivity index is 1.31. The molecule has 6 atom stereocenters. The van der Waals surface area contributed by atoms with E-state index in [1.807, 2.05) is 12.1 Å². The number of likely N-dealkylation sites (tertiary alicyclic amines) is 1. The fraction of sp³-hybridized carbons (Fsp3) is 0.333. The maximum Gasteiger partial charge on any atom is 0.251 e. The van der Waals surface area contributed by atoms with Crippen molar-refractivity contribution in [1.82, 2.24) is 31.1 Å². The number of nitrogens with one attached hydrogen (secondary N) is 4. The van der Waals surface area contributed by atoms with Crippen LogP contribution in [0.3, 0.4) is 0 Å². The van der Waals surface area contributed by atoms with Crippen LogP contribution in [0.25, 0.3) is 22.3 Å². The van der Waals surface area contributed by atoms with E-state index in [2.05, 4.69) is 21.3 Å². The molecule has 0 aliphatic carbocycles. The van der Waals surface area contributed by atoms with E-state index in [9.17, 15) is 43.5 Å². The molecular weight excluding hydrogens is 868 g/mol. The van der Waals surface area contributed by atoms with Gasteiger partial charge in [0.2, 0.25) is 35.4 Å². The van der Waals surface area contributed by atoms with Crippen LogP contribution >= 0.6 is 11.6 Å². The van der Waals surface area contributed by atoms with Crippen molar-refractivity contribution in [1.29, 1.82) is 0 Å².